The van der Waals surface area contributed by atoms with Gasteiger partial charge in [-0.3, -0.25) is 10.2 Å². The summed E-state index contributed by atoms with van der Waals surface area (Å²) in [6.45, 7) is 3.03. The summed E-state index contributed by atoms with van der Waals surface area (Å²) >= 11 is 0. The average Bonchev–Trinajstić information content (AvgIpc) is 3.35. The van der Waals surface area contributed by atoms with Crippen LogP contribution in [0.3, 0.4) is 0 Å². The van der Waals surface area contributed by atoms with E-state index in [1.54, 1.807) is 0 Å². The predicted molar refractivity (Wildman–Crippen MR) is 151 cm³/mol. The summed E-state index contributed by atoms with van der Waals surface area (Å²) < 4.78 is 0. The highest BCUT2D eigenvalue weighted by Crippen LogP contribution is 2.46. The molecule has 0 spiro atoms. The smallest absolute Gasteiger partial charge is 0.105 e. The third-order valence-electron chi connectivity index (χ3n) is 7.38. The highest BCUT2D eigenvalue weighted by atomic mass is 15.4. The Balaban J connectivity index is 1.48. The fourth-order valence-corrected chi connectivity index (χ4v) is 5.48. The maximum atomic E-state index is 5.19. The molecule has 1 aromatic heterocycles. The van der Waals surface area contributed by atoms with E-state index in [1.807, 2.05) is 6.07 Å². The van der Waals surface area contributed by atoms with Gasteiger partial charge in [-0.05, 0) is 41.3 Å². The summed E-state index contributed by atoms with van der Waals surface area (Å²) in [5, 5.41) is 4.00. The molecule has 1 aliphatic rings. The molecule has 3 heteroatoms. The van der Waals surface area contributed by atoms with Gasteiger partial charge in [0.15, 0.2) is 0 Å². The predicted octanol–water partition coefficient (Wildman–Crippen LogP) is 7.64. The topological polar surface area (TPSA) is 28.2 Å². The number of aryl methyl sites for hydroxylation is 1. The number of hydrogen-bond acceptors (Lipinski definition) is 3. The van der Waals surface area contributed by atoms with E-state index in [4.69, 9.17) is 4.98 Å². The Morgan fingerprint density at radius 3 is 1.97 bits per heavy atom. The van der Waals surface area contributed by atoms with Crippen LogP contribution in [0.25, 0.3) is 11.3 Å². The number of hydrogen-bond donors (Lipinski definition) is 1. The zero-order valence-electron chi connectivity index (χ0n) is 21.0. The van der Waals surface area contributed by atoms with Crippen molar-refractivity contribution >= 4 is 0 Å². The molecule has 3 atom stereocenters. The van der Waals surface area contributed by atoms with Gasteiger partial charge in [0, 0.05) is 12.1 Å². The molecule has 37 heavy (non-hydrogen) atoms. The van der Waals surface area contributed by atoms with Gasteiger partial charge >= 0.3 is 0 Å². The van der Waals surface area contributed by atoms with Crippen LogP contribution in [0.1, 0.15) is 46.2 Å². The maximum absolute atomic E-state index is 5.19. The fraction of sp³-hybridized carbons (Fsp3) is 0.147. The molecule has 0 radical (unpaired) electrons. The van der Waals surface area contributed by atoms with E-state index in [2.05, 4.69) is 145 Å². The Morgan fingerprint density at radius 1 is 0.649 bits per heavy atom. The van der Waals surface area contributed by atoms with Crippen molar-refractivity contribution in [2.75, 3.05) is 0 Å². The van der Waals surface area contributed by atoms with E-state index in [0.717, 1.165) is 23.5 Å². The van der Waals surface area contributed by atoms with Gasteiger partial charge in [-0.25, -0.2) is 4.98 Å². The van der Waals surface area contributed by atoms with E-state index in [9.17, 15) is 0 Å². The molecule has 1 aliphatic heterocycles. The SMILES string of the molecule is Cc1ccccc1CN1[C@H](c2cccc(-c3ccccc3)n2)N[C@@H](c2ccccc2)[C@@H]1c1ccccc1. The van der Waals surface area contributed by atoms with Gasteiger partial charge in [0.05, 0.1) is 23.5 Å². The molecule has 4 aromatic carbocycles. The number of aromatic nitrogens is 1. The molecular formula is C34H31N3. The van der Waals surface area contributed by atoms with Crippen molar-refractivity contribution in [3.8, 4) is 11.3 Å². The van der Waals surface area contributed by atoms with Crippen LogP contribution in [0.4, 0.5) is 0 Å². The summed E-state index contributed by atoms with van der Waals surface area (Å²) in [7, 11) is 0. The molecule has 0 unspecified atom stereocenters. The van der Waals surface area contributed by atoms with Crippen LogP contribution < -0.4 is 5.32 Å². The second-order valence-corrected chi connectivity index (χ2v) is 9.73. The number of rotatable bonds is 6. The standard InChI is InChI=1S/C34H31N3/c1-25-14-11-12-21-29(25)24-37-33(28-19-9-4-10-20-28)32(27-17-7-3-8-18-27)36-34(37)31-23-13-22-30(35-31)26-15-5-2-6-16-26/h2-23,32-34,36H,24H2,1H3/t32-,33-,34+/m0/s1. The highest BCUT2D eigenvalue weighted by molar-refractivity contribution is 5.59. The zero-order chi connectivity index (χ0) is 25.0. The minimum Gasteiger partial charge on any atom is -0.288 e. The first-order chi connectivity index (χ1) is 18.3. The molecule has 182 valence electrons. The lowest BCUT2D eigenvalue weighted by Crippen LogP contribution is -2.30. The monoisotopic (exact) mass is 481 g/mol. The Kier molecular flexibility index (Phi) is 6.64. The average molecular weight is 482 g/mol. The normalized spacial score (nSPS) is 19.6. The first-order valence-electron chi connectivity index (χ1n) is 13.0. The zero-order valence-corrected chi connectivity index (χ0v) is 21.0. The minimum atomic E-state index is -0.0429. The number of pyridine rings is 1. The lowest BCUT2D eigenvalue weighted by atomic mass is 9.93. The molecule has 2 heterocycles. The maximum Gasteiger partial charge on any atom is 0.105 e. The van der Waals surface area contributed by atoms with E-state index in [0.29, 0.717) is 0 Å². The van der Waals surface area contributed by atoms with Crippen LogP contribution in [0.2, 0.25) is 0 Å². The van der Waals surface area contributed by atoms with Crippen molar-refractivity contribution in [2.45, 2.75) is 31.7 Å². The minimum absolute atomic E-state index is 0.0429. The van der Waals surface area contributed by atoms with Crippen LogP contribution in [-0.2, 0) is 6.54 Å². The van der Waals surface area contributed by atoms with Crippen molar-refractivity contribution < 1.29 is 0 Å². The van der Waals surface area contributed by atoms with Crippen molar-refractivity contribution in [1.29, 1.82) is 0 Å². The molecule has 6 rings (SSSR count). The fourth-order valence-electron chi connectivity index (χ4n) is 5.48. The first kappa shape index (κ1) is 23.4. The molecule has 0 bridgehead atoms. The van der Waals surface area contributed by atoms with Crippen molar-refractivity contribution in [1.82, 2.24) is 15.2 Å². The van der Waals surface area contributed by atoms with E-state index >= 15 is 0 Å². The number of nitrogens with one attached hydrogen (secondary N) is 1. The second-order valence-electron chi connectivity index (χ2n) is 9.73. The Morgan fingerprint density at radius 2 is 1.27 bits per heavy atom. The van der Waals surface area contributed by atoms with Crippen LogP contribution in [0, 0.1) is 6.92 Å². The molecule has 5 aromatic rings. The van der Waals surface area contributed by atoms with Crippen molar-refractivity contribution in [3.05, 3.63) is 161 Å². The third-order valence-corrected chi connectivity index (χ3v) is 7.38. The lowest BCUT2D eigenvalue weighted by Gasteiger charge is -2.31. The summed E-state index contributed by atoms with van der Waals surface area (Å²) in [5.41, 5.74) is 8.40. The summed E-state index contributed by atoms with van der Waals surface area (Å²) in [4.78, 5) is 7.78. The van der Waals surface area contributed by atoms with Gasteiger partial charge in [0.1, 0.15) is 6.17 Å². The highest BCUT2D eigenvalue weighted by Gasteiger charge is 2.43. The van der Waals surface area contributed by atoms with E-state index in [1.165, 1.54) is 22.3 Å². The molecular weight excluding hydrogens is 450 g/mol. The van der Waals surface area contributed by atoms with Crippen molar-refractivity contribution in [2.24, 2.45) is 0 Å². The first-order valence-corrected chi connectivity index (χ1v) is 13.0. The Labute approximate surface area is 219 Å². The Hall–Kier alpha value is -4.05. The quantitative estimate of drug-likeness (QED) is 0.270. The summed E-state index contributed by atoms with van der Waals surface area (Å²) in [6, 6.07) is 47.5. The van der Waals surface area contributed by atoms with Crippen LogP contribution in [0.15, 0.2) is 133 Å². The third kappa shape index (κ3) is 4.84. The van der Waals surface area contributed by atoms with Crippen LogP contribution in [0.5, 0.6) is 0 Å². The van der Waals surface area contributed by atoms with Gasteiger partial charge in [0.25, 0.3) is 0 Å². The van der Waals surface area contributed by atoms with Gasteiger partial charge in [-0.15, -0.1) is 0 Å². The molecule has 1 fully saturated rings. The molecule has 3 nitrogen and oxygen atoms in total. The molecule has 1 N–H and O–H groups in total. The second kappa shape index (κ2) is 10.5. The Bertz CT molecular complexity index is 1450. The molecule has 0 amide bonds. The number of benzene rings is 4. The van der Waals surface area contributed by atoms with Gasteiger partial charge in [-0.2, -0.15) is 0 Å². The number of nitrogens with zero attached hydrogens (tertiary/aromatic N) is 2. The molecule has 0 aliphatic carbocycles. The largest absolute Gasteiger partial charge is 0.288 e. The van der Waals surface area contributed by atoms with Gasteiger partial charge in [0.2, 0.25) is 0 Å². The van der Waals surface area contributed by atoms with E-state index < -0.39 is 0 Å². The molecule has 1 saturated heterocycles. The van der Waals surface area contributed by atoms with Crippen molar-refractivity contribution in [3.63, 3.8) is 0 Å². The van der Waals surface area contributed by atoms with Gasteiger partial charge in [-0.1, -0.05) is 121 Å². The molecule has 0 saturated carbocycles. The van der Waals surface area contributed by atoms with Gasteiger partial charge < -0.3 is 0 Å². The van der Waals surface area contributed by atoms with Crippen LogP contribution >= 0.6 is 0 Å². The summed E-state index contributed by atoms with van der Waals surface area (Å²) in [5.74, 6) is 0. The van der Waals surface area contributed by atoms with Crippen LogP contribution in [-0.4, -0.2) is 9.88 Å². The summed E-state index contributed by atoms with van der Waals surface area (Å²) in [6.07, 6.45) is -0.0429. The van der Waals surface area contributed by atoms with E-state index in [-0.39, 0.29) is 18.2 Å². The lowest BCUT2D eigenvalue weighted by molar-refractivity contribution is 0.172.